The summed E-state index contributed by atoms with van der Waals surface area (Å²) in [5, 5.41) is 4.25. The van der Waals surface area contributed by atoms with Gasteiger partial charge in [0.05, 0.1) is 27.4 Å². The second kappa shape index (κ2) is 7.53. The molecule has 2 heterocycles. The standard InChI is InChI=1S/C23H16N4O2S/c28-21(13-27-14-24-18-6-2-1-5-17(18)23(27)29)25-16-11-9-15(10-12-16)22-26-19-7-3-4-8-20(19)30-22/h1-12,14H,13H2,(H,25,28). The third-order valence-electron chi connectivity index (χ3n) is 4.75. The number of carbonyl (C=O) groups excluding carboxylic acids is 1. The van der Waals surface area contributed by atoms with E-state index in [1.165, 1.54) is 10.9 Å². The number of para-hydroxylation sites is 2. The lowest BCUT2D eigenvalue weighted by atomic mass is 10.2. The van der Waals surface area contributed by atoms with E-state index in [-0.39, 0.29) is 18.0 Å². The molecule has 3 aromatic carbocycles. The fraction of sp³-hybridized carbons (Fsp3) is 0.0435. The van der Waals surface area contributed by atoms with Crippen molar-refractivity contribution in [2.75, 3.05) is 5.32 Å². The molecular formula is C23H16N4O2S. The van der Waals surface area contributed by atoms with Crippen molar-refractivity contribution in [1.82, 2.24) is 14.5 Å². The number of thiazole rings is 1. The van der Waals surface area contributed by atoms with Crippen molar-refractivity contribution in [3.05, 3.63) is 89.5 Å². The first-order chi connectivity index (χ1) is 14.7. The zero-order valence-electron chi connectivity index (χ0n) is 15.8. The summed E-state index contributed by atoms with van der Waals surface area (Å²) in [5.41, 5.74) is 3.01. The van der Waals surface area contributed by atoms with Crippen molar-refractivity contribution >= 4 is 44.1 Å². The molecule has 0 aliphatic heterocycles. The van der Waals surface area contributed by atoms with E-state index in [1.54, 1.807) is 29.5 Å². The molecule has 5 rings (SSSR count). The summed E-state index contributed by atoms with van der Waals surface area (Å²) >= 11 is 1.63. The molecule has 0 saturated heterocycles. The minimum atomic E-state index is -0.290. The summed E-state index contributed by atoms with van der Waals surface area (Å²) in [6.45, 7) is -0.101. The zero-order chi connectivity index (χ0) is 20.5. The lowest BCUT2D eigenvalue weighted by Crippen LogP contribution is -2.27. The number of carbonyl (C=O) groups is 1. The summed E-state index contributed by atoms with van der Waals surface area (Å²) in [6.07, 6.45) is 1.40. The first kappa shape index (κ1) is 18.2. The van der Waals surface area contributed by atoms with Crippen LogP contribution in [0, 0.1) is 0 Å². The minimum Gasteiger partial charge on any atom is -0.325 e. The smallest absolute Gasteiger partial charge is 0.261 e. The van der Waals surface area contributed by atoms with Crippen molar-refractivity contribution in [1.29, 1.82) is 0 Å². The van der Waals surface area contributed by atoms with Crippen LogP contribution in [0.2, 0.25) is 0 Å². The highest BCUT2D eigenvalue weighted by Gasteiger charge is 2.10. The van der Waals surface area contributed by atoms with Crippen LogP contribution in [0.3, 0.4) is 0 Å². The van der Waals surface area contributed by atoms with Gasteiger partial charge in [-0.1, -0.05) is 24.3 Å². The Hall–Kier alpha value is -3.84. The largest absolute Gasteiger partial charge is 0.325 e. The fourth-order valence-corrected chi connectivity index (χ4v) is 4.24. The van der Waals surface area contributed by atoms with Gasteiger partial charge < -0.3 is 5.32 Å². The normalized spacial score (nSPS) is 11.1. The minimum absolute atomic E-state index is 0.101. The van der Waals surface area contributed by atoms with Crippen molar-refractivity contribution in [3.63, 3.8) is 0 Å². The zero-order valence-corrected chi connectivity index (χ0v) is 16.6. The Bertz CT molecular complexity index is 1400. The molecular weight excluding hydrogens is 396 g/mol. The molecule has 0 spiro atoms. The molecule has 7 heteroatoms. The van der Waals surface area contributed by atoms with E-state index >= 15 is 0 Å². The van der Waals surface area contributed by atoms with Crippen molar-refractivity contribution in [2.45, 2.75) is 6.54 Å². The molecule has 5 aromatic rings. The van der Waals surface area contributed by atoms with Gasteiger partial charge in [0.25, 0.3) is 5.56 Å². The van der Waals surface area contributed by atoms with Crippen LogP contribution in [-0.4, -0.2) is 20.4 Å². The SMILES string of the molecule is O=C(Cn1cnc2ccccc2c1=O)Nc1ccc(-c2nc3ccccc3s2)cc1. The number of anilines is 1. The van der Waals surface area contributed by atoms with Gasteiger partial charge in [-0.25, -0.2) is 9.97 Å². The Morgan fingerprint density at radius 2 is 1.67 bits per heavy atom. The molecule has 0 bridgehead atoms. The van der Waals surface area contributed by atoms with E-state index in [4.69, 9.17) is 0 Å². The molecule has 1 N–H and O–H groups in total. The first-order valence-electron chi connectivity index (χ1n) is 9.37. The van der Waals surface area contributed by atoms with Gasteiger partial charge in [-0.05, 0) is 48.5 Å². The number of nitrogens with zero attached hydrogens (tertiary/aromatic N) is 3. The summed E-state index contributed by atoms with van der Waals surface area (Å²) < 4.78 is 2.45. The monoisotopic (exact) mass is 412 g/mol. The van der Waals surface area contributed by atoms with E-state index in [2.05, 4.69) is 21.4 Å². The molecule has 0 aliphatic carbocycles. The van der Waals surface area contributed by atoms with Crippen LogP contribution >= 0.6 is 11.3 Å². The first-order valence-corrected chi connectivity index (χ1v) is 10.2. The number of fused-ring (bicyclic) bond motifs is 2. The van der Waals surface area contributed by atoms with Crippen LogP contribution in [-0.2, 0) is 11.3 Å². The van der Waals surface area contributed by atoms with Gasteiger partial charge in [-0.3, -0.25) is 14.2 Å². The van der Waals surface area contributed by atoms with E-state index < -0.39 is 0 Å². The molecule has 0 saturated carbocycles. The third kappa shape index (κ3) is 3.46. The molecule has 30 heavy (non-hydrogen) atoms. The molecule has 0 fully saturated rings. The van der Waals surface area contributed by atoms with Gasteiger partial charge in [0.15, 0.2) is 0 Å². The molecule has 0 atom stereocenters. The molecule has 0 unspecified atom stereocenters. The maximum Gasteiger partial charge on any atom is 0.261 e. The average molecular weight is 412 g/mol. The Kier molecular flexibility index (Phi) is 4.57. The number of rotatable bonds is 4. The average Bonchev–Trinajstić information content (AvgIpc) is 3.21. The van der Waals surface area contributed by atoms with Gasteiger partial charge in [-0.15, -0.1) is 11.3 Å². The Labute approximate surface area is 175 Å². The highest BCUT2D eigenvalue weighted by Crippen LogP contribution is 2.30. The van der Waals surface area contributed by atoms with E-state index in [0.29, 0.717) is 16.6 Å². The quantitative estimate of drug-likeness (QED) is 0.477. The highest BCUT2D eigenvalue weighted by atomic mass is 32.1. The van der Waals surface area contributed by atoms with Gasteiger partial charge in [0, 0.05) is 11.3 Å². The second-order valence-electron chi connectivity index (χ2n) is 6.81. The van der Waals surface area contributed by atoms with Gasteiger partial charge in [0.2, 0.25) is 5.91 Å². The highest BCUT2D eigenvalue weighted by molar-refractivity contribution is 7.21. The van der Waals surface area contributed by atoms with Crippen molar-refractivity contribution in [2.24, 2.45) is 0 Å². The maximum atomic E-state index is 12.5. The molecule has 6 nitrogen and oxygen atoms in total. The van der Waals surface area contributed by atoms with E-state index in [1.807, 2.05) is 48.5 Å². The Morgan fingerprint density at radius 1 is 0.933 bits per heavy atom. The van der Waals surface area contributed by atoms with Gasteiger partial charge in [0.1, 0.15) is 11.6 Å². The fourth-order valence-electron chi connectivity index (χ4n) is 3.27. The third-order valence-corrected chi connectivity index (χ3v) is 5.84. The number of nitrogens with one attached hydrogen (secondary N) is 1. The van der Waals surface area contributed by atoms with Crippen LogP contribution in [0.25, 0.3) is 31.7 Å². The van der Waals surface area contributed by atoms with Gasteiger partial charge >= 0.3 is 0 Å². The van der Waals surface area contributed by atoms with E-state index in [9.17, 15) is 9.59 Å². The number of amides is 1. The predicted molar refractivity (Wildman–Crippen MR) is 120 cm³/mol. The van der Waals surface area contributed by atoms with Crippen LogP contribution in [0.15, 0.2) is 83.9 Å². The second-order valence-corrected chi connectivity index (χ2v) is 7.84. The van der Waals surface area contributed by atoms with Crippen LogP contribution in [0.1, 0.15) is 0 Å². The summed E-state index contributed by atoms with van der Waals surface area (Å²) in [5.74, 6) is -0.290. The topological polar surface area (TPSA) is 76.9 Å². The number of hydrogen-bond donors (Lipinski definition) is 1. The van der Waals surface area contributed by atoms with Crippen LogP contribution in [0.5, 0.6) is 0 Å². The predicted octanol–water partition coefficient (Wildman–Crippen LogP) is 4.31. The van der Waals surface area contributed by atoms with E-state index in [0.717, 1.165) is 20.8 Å². The van der Waals surface area contributed by atoms with Crippen molar-refractivity contribution in [3.8, 4) is 10.6 Å². The molecule has 2 aromatic heterocycles. The lowest BCUT2D eigenvalue weighted by Gasteiger charge is -2.08. The van der Waals surface area contributed by atoms with Crippen LogP contribution in [0.4, 0.5) is 5.69 Å². The number of benzene rings is 3. The lowest BCUT2D eigenvalue weighted by molar-refractivity contribution is -0.116. The summed E-state index contributed by atoms with van der Waals surface area (Å²) in [4.78, 5) is 33.9. The Balaban J connectivity index is 1.32. The molecule has 0 aliphatic rings. The summed E-state index contributed by atoms with van der Waals surface area (Å²) in [7, 11) is 0. The molecule has 1 amide bonds. The number of aromatic nitrogens is 3. The van der Waals surface area contributed by atoms with Crippen LogP contribution < -0.4 is 10.9 Å². The molecule has 146 valence electrons. The Morgan fingerprint density at radius 3 is 2.47 bits per heavy atom. The number of hydrogen-bond acceptors (Lipinski definition) is 5. The van der Waals surface area contributed by atoms with Crippen molar-refractivity contribution < 1.29 is 4.79 Å². The van der Waals surface area contributed by atoms with Gasteiger partial charge in [-0.2, -0.15) is 0 Å². The maximum absolute atomic E-state index is 12.5. The molecule has 0 radical (unpaired) electrons. The summed E-state index contributed by atoms with van der Waals surface area (Å²) in [6, 6.07) is 22.6.